The maximum absolute atomic E-state index is 5.73. The van der Waals surface area contributed by atoms with Crippen LogP contribution in [-0.4, -0.2) is 17.5 Å². The Morgan fingerprint density at radius 1 is 1.15 bits per heavy atom. The zero-order valence-electron chi connectivity index (χ0n) is 12.8. The van der Waals surface area contributed by atoms with E-state index >= 15 is 0 Å². The molecule has 0 bridgehead atoms. The van der Waals surface area contributed by atoms with Gasteiger partial charge in [0, 0.05) is 19.1 Å². The highest BCUT2D eigenvalue weighted by Crippen LogP contribution is 2.36. The van der Waals surface area contributed by atoms with Gasteiger partial charge in [-0.15, -0.1) is 0 Å². The molecule has 2 N–H and O–H groups in total. The summed E-state index contributed by atoms with van der Waals surface area (Å²) >= 11 is 0. The fourth-order valence-electron chi connectivity index (χ4n) is 4.21. The molecule has 1 aliphatic carbocycles. The van der Waals surface area contributed by atoms with Crippen molar-refractivity contribution in [3.05, 3.63) is 34.9 Å². The molecule has 2 nitrogen and oxygen atoms in total. The summed E-state index contributed by atoms with van der Waals surface area (Å²) in [5.74, 6) is 0.973. The predicted molar refractivity (Wildman–Crippen MR) is 84.5 cm³/mol. The van der Waals surface area contributed by atoms with Gasteiger partial charge in [-0.3, -0.25) is 4.90 Å². The van der Waals surface area contributed by atoms with E-state index in [0.29, 0.717) is 6.54 Å². The fourth-order valence-corrected chi connectivity index (χ4v) is 4.21. The van der Waals surface area contributed by atoms with Crippen molar-refractivity contribution in [1.82, 2.24) is 4.90 Å². The second-order valence-corrected chi connectivity index (χ2v) is 6.69. The number of rotatable bonds is 3. The van der Waals surface area contributed by atoms with Gasteiger partial charge in [-0.25, -0.2) is 0 Å². The van der Waals surface area contributed by atoms with E-state index in [0.717, 1.165) is 18.5 Å². The first-order valence-electron chi connectivity index (χ1n) is 8.30. The topological polar surface area (TPSA) is 29.3 Å². The lowest BCUT2D eigenvalue weighted by molar-refractivity contribution is 0.0545. The van der Waals surface area contributed by atoms with Crippen LogP contribution in [0.2, 0.25) is 0 Å². The summed E-state index contributed by atoms with van der Waals surface area (Å²) in [6, 6.07) is 7.61. The SMILES string of the molecule is Cc1cc(CN)ccc1CN1CCCC2CCCCC21. The largest absolute Gasteiger partial charge is 0.326 e. The molecule has 1 heterocycles. The number of hydrogen-bond acceptors (Lipinski definition) is 2. The van der Waals surface area contributed by atoms with E-state index in [4.69, 9.17) is 5.73 Å². The first-order chi connectivity index (χ1) is 9.78. The number of nitrogens with zero attached hydrogens (tertiary/aromatic N) is 1. The minimum atomic E-state index is 0.648. The smallest absolute Gasteiger partial charge is 0.0239 e. The Balaban J connectivity index is 1.72. The number of piperidine rings is 1. The molecule has 2 aliphatic rings. The van der Waals surface area contributed by atoms with Gasteiger partial charge >= 0.3 is 0 Å². The Morgan fingerprint density at radius 3 is 2.75 bits per heavy atom. The third-order valence-electron chi connectivity index (χ3n) is 5.37. The normalized spacial score (nSPS) is 27.3. The molecule has 2 unspecified atom stereocenters. The third-order valence-corrected chi connectivity index (χ3v) is 5.37. The summed E-state index contributed by atoms with van der Waals surface area (Å²) < 4.78 is 0. The summed E-state index contributed by atoms with van der Waals surface area (Å²) in [6.07, 6.45) is 8.63. The molecule has 110 valence electrons. The molecule has 2 fully saturated rings. The molecule has 3 rings (SSSR count). The quantitative estimate of drug-likeness (QED) is 0.911. The highest BCUT2D eigenvalue weighted by atomic mass is 15.2. The number of nitrogens with two attached hydrogens (primary N) is 1. The fraction of sp³-hybridized carbons (Fsp3) is 0.667. The van der Waals surface area contributed by atoms with Crippen molar-refractivity contribution in [3.63, 3.8) is 0 Å². The second kappa shape index (κ2) is 6.28. The van der Waals surface area contributed by atoms with Gasteiger partial charge < -0.3 is 5.73 Å². The van der Waals surface area contributed by atoms with E-state index in [-0.39, 0.29) is 0 Å². The van der Waals surface area contributed by atoms with Gasteiger partial charge in [0.15, 0.2) is 0 Å². The summed E-state index contributed by atoms with van der Waals surface area (Å²) in [5, 5.41) is 0. The predicted octanol–water partition coefficient (Wildman–Crippen LogP) is 3.61. The monoisotopic (exact) mass is 272 g/mol. The van der Waals surface area contributed by atoms with Crippen LogP contribution in [0.5, 0.6) is 0 Å². The number of fused-ring (bicyclic) bond motifs is 1. The van der Waals surface area contributed by atoms with Crippen LogP contribution in [-0.2, 0) is 13.1 Å². The zero-order valence-corrected chi connectivity index (χ0v) is 12.8. The molecular weight excluding hydrogens is 244 g/mol. The minimum absolute atomic E-state index is 0.648. The summed E-state index contributed by atoms with van der Waals surface area (Å²) in [5.41, 5.74) is 9.88. The van der Waals surface area contributed by atoms with Crippen molar-refractivity contribution >= 4 is 0 Å². The average Bonchev–Trinajstić information content (AvgIpc) is 2.49. The van der Waals surface area contributed by atoms with Crippen LogP contribution in [0.15, 0.2) is 18.2 Å². The molecule has 0 spiro atoms. The number of likely N-dealkylation sites (tertiary alicyclic amines) is 1. The third kappa shape index (κ3) is 2.91. The molecule has 1 aromatic rings. The summed E-state index contributed by atoms with van der Waals surface area (Å²) in [4.78, 5) is 2.76. The van der Waals surface area contributed by atoms with Crippen molar-refractivity contribution < 1.29 is 0 Å². The molecule has 2 atom stereocenters. The van der Waals surface area contributed by atoms with Crippen LogP contribution >= 0.6 is 0 Å². The van der Waals surface area contributed by atoms with Crippen LogP contribution in [0, 0.1) is 12.8 Å². The van der Waals surface area contributed by atoms with Gasteiger partial charge in [-0.05, 0) is 61.8 Å². The van der Waals surface area contributed by atoms with Crippen LogP contribution in [0.4, 0.5) is 0 Å². The van der Waals surface area contributed by atoms with E-state index in [1.807, 2.05) is 0 Å². The Bertz CT molecular complexity index is 453. The van der Waals surface area contributed by atoms with E-state index in [9.17, 15) is 0 Å². The van der Waals surface area contributed by atoms with E-state index < -0.39 is 0 Å². The highest BCUT2D eigenvalue weighted by Gasteiger charge is 2.32. The lowest BCUT2D eigenvalue weighted by Gasteiger charge is -2.44. The van der Waals surface area contributed by atoms with Gasteiger partial charge in [-0.1, -0.05) is 31.0 Å². The van der Waals surface area contributed by atoms with E-state index in [1.54, 1.807) is 0 Å². The van der Waals surface area contributed by atoms with Crippen molar-refractivity contribution in [2.45, 2.75) is 64.6 Å². The molecule has 20 heavy (non-hydrogen) atoms. The summed E-state index contributed by atoms with van der Waals surface area (Å²) in [7, 11) is 0. The van der Waals surface area contributed by atoms with Crippen molar-refractivity contribution in [2.24, 2.45) is 11.7 Å². The van der Waals surface area contributed by atoms with E-state index in [2.05, 4.69) is 30.0 Å². The Hall–Kier alpha value is -0.860. The molecule has 1 aromatic carbocycles. The standard InChI is InChI=1S/C18H28N2/c1-14-11-15(12-19)8-9-17(14)13-20-10-4-6-16-5-2-3-7-18(16)20/h8-9,11,16,18H,2-7,10,12-13,19H2,1H3. The maximum Gasteiger partial charge on any atom is 0.0239 e. The first kappa shape index (κ1) is 14.1. The van der Waals surface area contributed by atoms with E-state index in [1.165, 1.54) is 61.8 Å². The van der Waals surface area contributed by atoms with Crippen LogP contribution < -0.4 is 5.73 Å². The molecular formula is C18H28N2. The molecule has 2 heteroatoms. The van der Waals surface area contributed by atoms with Crippen molar-refractivity contribution in [3.8, 4) is 0 Å². The van der Waals surface area contributed by atoms with Gasteiger partial charge in [0.05, 0.1) is 0 Å². The first-order valence-corrected chi connectivity index (χ1v) is 8.30. The average molecular weight is 272 g/mol. The number of aryl methyl sites for hydroxylation is 1. The highest BCUT2D eigenvalue weighted by molar-refractivity contribution is 5.31. The Morgan fingerprint density at radius 2 is 1.95 bits per heavy atom. The van der Waals surface area contributed by atoms with Crippen molar-refractivity contribution in [1.29, 1.82) is 0 Å². The van der Waals surface area contributed by atoms with Gasteiger partial charge in [0.2, 0.25) is 0 Å². The maximum atomic E-state index is 5.73. The lowest BCUT2D eigenvalue weighted by Crippen LogP contribution is -2.46. The Kier molecular flexibility index (Phi) is 4.42. The minimum Gasteiger partial charge on any atom is -0.326 e. The van der Waals surface area contributed by atoms with Crippen LogP contribution in [0.1, 0.15) is 55.2 Å². The second-order valence-electron chi connectivity index (χ2n) is 6.69. The number of hydrogen-bond donors (Lipinski definition) is 1. The van der Waals surface area contributed by atoms with Gasteiger partial charge in [0.1, 0.15) is 0 Å². The molecule has 0 aromatic heterocycles. The van der Waals surface area contributed by atoms with Crippen molar-refractivity contribution in [2.75, 3.05) is 6.54 Å². The van der Waals surface area contributed by atoms with Gasteiger partial charge in [0.25, 0.3) is 0 Å². The van der Waals surface area contributed by atoms with Crippen LogP contribution in [0.25, 0.3) is 0 Å². The van der Waals surface area contributed by atoms with Crippen LogP contribution in [0.3, 0.4) is 0 Å². The number of benzene rings is 1. The summed E-state index contributed by atoms with van der Waals surface area (Å²) in [6.45, 7) is 5.31. The molecule has 1 saturated carbocycles. The Labute approximate surface area is 123 Å². The lowest BCUT2D eigenvalue weighted by atomic mass is 9.78. The molecule has 0 radical (unpaired) electrons. The van der Waals surface area contributed by atoms with Gasteiger partial charge in [-0.2, -0.15) is 0 Å². The molecule has 1 saturated heterocycles. The molecule has 1 aliphatic heterocycles. The molecule has 0 amide bonds. The zero-order chi connectivity index (χ0) is 13.9.